The number of aliphatic hydroxyl groups excluding tert-OH is 1. The summed E-state index contributed by atoms with van der Waals surface area (Å²) in [7, 11) is -3.60. The molecule has 1 unspecified atom stereocenters. The van der Waals surface area contributed by atoms with Crippen molar-refractivity contribution in [3.8, 4) is 0 Å². The van der Waals surface area contributed by atoms with Crippen molar-refractivity contribution in [2.24, 2.45) is 0 Å². The highest BCUT2D eigenvalue weighted by Crippen LogP contribution is 2.25. The van der Waals surface area contributed by atoms with Gasteiger partial charge in [-0.05, 0) is 18.2 Å². The Labute approximate surface area is 116 Å². The number of aliphatic hydroxyl groups is 1. The Morgan fingerprint density at radius 1 is 1.53 bits per heavy atom. The Hall–Kier alpha value is -0.630. The van der Waals surface area contributed by atoms with E-state index < -0.39 is 22.4 Å². The van der Waals surface area contributed by atoms with Gasteiger partial charge in [0.2, 0.25) is 10.0 Å². The predicted octanol–water partition coefficient (Wildman–Crippen LogP) is 1.44. The van der Waals surface area contributed by atoms with Gasteiger partial charge in [0.15, 0.2) is 0 Å². The maximum absolute atomic E-state index is 13.3. The first-order valence-electron chi connectivity index (χ1n) is 5.96. The molecule has 0 aliphatic carbocycles. The topological polar surface area (TPSA) is 57.6 Å². The van der Waals surface area contributed by atoms with Crippen molar-refractivity contribution >= 4 is 21.8 Å². The molecule has 0 radical (unpaired) electrons. The van der Waals surface area contributed by atoms with E-state index in [2.05, 4.69) is 0 Å². The number of hydrogen-bond donors (Lipinski definition) is 1. The molecule has 4 nitrogen and oxygen atoms in total. The van der Waals surface area contributed by atoms with Crippen LogP contribution in [0.1, 0.15) is 12.5 Å². The highest BCUT2D eigenvalue weighted by molar-refractivity contribution is 8.00. The lowest BCUT2D eigenvalue weighted by Crippen LogP contribution is -2.40. The Kier molecular flexibility index (Phi) is 4.50. The lowest BCUT2D eigenvalue weighted by atomic mass is 10.2. The number of benzene rings is 1. The van der Waals surface area contributed by atoms with E-state index in [9.17, 15) is 12.8 Å². The minimum absolute atomic E-state index is 0.000470. The zero-order valence-corrected chi connectivity index (χ0v) is 12.2. The van der Waals surface area contributed by atoms with E-state index in [1.807, 2.05) is 6.92 Å². The summed E-state index contributed by atoms with van der Waals surface area (Å²) in [6.07, 6.45) is 0. The van der Waals surface area contributed by atoms with Crippen molar-refractivity contribution < 1.29 is 17.9 Å². The molecule has 106 valence electrons. The van der Waals surface area contributed by atoms with Gasteiger partial charge in [0, 0.05) is 29.7 Å². The fourth-order valence-electron chi connectivity index (χ4n) is 1.99. The molecule has 0 amide bonds. The molecular weight excluding hydrogens is 289 g/mol. The van der Waals surface area contributed by atoms with Crippen molar-refractivity contribution in [3.63, 3.8) is 0 Å². The normalized spacial score (nSPS) is 21.5. The van der Waals surface area contributed by atoms with Crippen LogP contribution in [-0.2, 0) is 16.6 Å². The average molecular weight is 305 g/mol. The van der Waals surface area contributed by atoms with Crippen molar-refractivity contribution in [2.75, 3.05) is 18.8 Å². The van der Waals surface area contributed by atoms with E-state index in [4.69, 9.17) is 5.11 Å². The van der Waals surface area contributed by atoms with Crippen LogP contribution in [0.5, 0.6) is 0 Å². The number of nitrogens with zero attached hydrogens (tertiary/aromatic N) is 1. The molecule has 1 heterocycles. The summed E-state index contributed by atoms with van der Waals surface area (Å²) in [5.41, 5.74) is 0.000470. The molecule has 1 aliphatic rings. The van der Waals surface area contributed by atoms with E-state index in [-0.39, 0.29) is 15.7 Å². The standard InChI is InChI=1S/C12H16FNO3S2/c1-9-7-14(4-5-18-9)19(16,17)11-2-3-12(13)10(6-11)8-15/h2-3,6,9,15H,4-5,7-8H2,1H3. The summed E-state index contributed by atoms with van der Waals surface area (Å²) in [5, 5.41) is 9.26. The lowest BCUT2D eigenvalue weighted by Gasteiger charge is -2.29. The molecular formula is C12H16FNO3S2. The third-order valence-corrected chi connectivity index (χ3v) is 6.03. The summed E-state index contributed by atoms with van der Waals surface area (Å²) in [6, 6.07) is 3.54. The number of hydrogen-bond acceptors (Lipinski definition) is 4. The molecule has 0 saturated carbocycles. The minimum Gasteiger partial charge on any atom is -0.392 e. The monoisotopic (exact) mass is 305 g/mol. The van der Waals surface area contributed by atoms with Crippen LogP contribution in [-0.4, -0.2) is 41.9 Å². The third kappa shape index (κ3) is 3.10. The molecule has 0 aromatic heterocycles. The zero-order valence-electron chi connectivity index (χ0n) is 10.5. The Balaban J connectivity index is 2.33. The SMILES string of the molecule is CC1CN(S(=O)(=O)c2ccc(F)c(CO)c2)CCS1. The molecule has 0 spiro atoms. The average Bonchev–Trinajstić information content (AvgIpc) is 2.39. The lowest BCUT2D eigenvalue weighted by molar-refractivity contribution is 0.275. The summed E-state index contributed by atoms with van der Waals surface area (Å²) < 4.78 is 39.6. The molecule has 1 aliphatic heterocycles. The fourth-order valence-corrected chi connectivity index (χ4v) is 4.79. The molecule has 1 atom stereocenters. The van der Waals surface area contributed by atoms with Crippen LogP contribution in [0.3, 0.4) is 0 Å². The second-order valence-electron chi connectivity index (χ2n) is 4.46. The molecule has 1 fully saturated rings. The second kappa shape index (κ2) is 5.78. The van der Waals surface area contributed by atoms with E-state index in [0.717, 1.165) is 11.8 Å². The fraction of sp³-hybridized carbons (Fsp3) is 0.500. The van der Waals surface area contributed by atoms with E-state index >= 15 is 0 Å². The maximum atomic E-state index is 13.3. The molecule has 1 N–H and O–H groups in total. The van der Waals surface area contributed by atoms with Gasteiger partial charge in [-0.25, -0.2) is 12.8 Å². The summed E-state index contributed by atoms with van der Waals surface area (Å²) in [4.78, 5) is 0.0389. The van der Waals surface area contributed by atoms with Gasteiger partial charge in [-0.2, -0.15) is 16.1 Å². The first-order valence-corrected chi connectivity index (χ1v) is 8.45. The summed E-state index contributed by atoms with van der Waals surface area (Å²) in [6.45, 7) is 2.39. The largest absolute Gasteiger partial charge is 0.392 e. The van der Waals surface area contributed by atoms with E-state index in [1.54, 1.807) is 11.8 Å². The van der Waals surface area contributed by atoms with Gasteiger partial charge >= 0.3 is 0 Å². The minimum atomic E-state index is -3.60. The van der Waals surface area contributed by atoms with Gasteiger partial charge < -0.3 is 5.11 Å². The molecule has 2 rings (SSSR count). The van der Waals surface area contributed by atoms with Crippen LogP contribution < -0.4 is 0 Å². The number of halogens is 1. The maximum Gasteiger partial charge on any atom is 0.243 e. The van der Waals surface area contributed by atoms with Crippen molar-refractivity contribution in [2.45, 2.75) is 23.7 Å². The van der Waals surface area contributed by atoms with Crippen LogP contribution in [0, 0.1) is 5.82 Å². The van der Waals surface area contributed by atoms with Crippen LogP contribution >= 0.6 is 11.8 Å². The van der Waals surface area contributed by atoms with Crippen LogP contribution in [0.25, 0.3) is 0 Å². The Morgan fingerprint density at radius 3 is 2.89 bits per heavy atom. The number of rotatable bonds is 3. The molecule has 19 heavy (non-hydrogen) atoms. The highest BCUT2D eigenvalue weighted by atomic mass is 32.2. The number of sulfonamides is 1. The zero-order chi connectivity index (χ0) is 14.0. The molecule has 7 heteroatoms. The van der Waals surface area contributed by atoms with E-state index in [0.29, 0.717) is 13.1 Å². The molecule has 1 saturated heterocycles. The predicted molar refractivity (Wildman–Crippen MR) is 73.0 cm³/mol. The first-order chi connectivity index (χ1) is 8.95. The van der Waals surface area contributed by atoms with Crippen molar-refractivity contribution in [1.29, 1.82) is 0 Å². The Morgan fingerprint density at radius 2 is 2.26 bits per heavy atom. The van der Waals surface area contributed by atoms with Gasteiger partial charge in [-0.3, -0.25) is 0 Å². The van der Waals surface area contributed by atoms with Gasteiger partial charge in [0.05, 0.1) is 11.5 Å². The quantitative estimate of drug-likeness (QED) is 0.918. The van der Waals surface area contributed by atoms with Gasteiger partial charge in [0.1, 0.15) is 5.82 Å². The van der Waals surface area contributed by atoms with Gasteiger partial charge in [-0.15, -0.1) is 0 Å². The number of thioether (sulfide) groups is 1. The molecule has 1 aromatic carbocycles. The summed E-state index contributed by atoms with van der Waals surface area (Å²) in [5.74, 6) is 0.165. The van der Waals surface area contributed by atoms with Gasteiger partial charge in [-0.1, -0.05) is 6.92 Å². The highest BCUT2D eigenvalue weighted by Gasteiger charge is 2.29. The van der Waals surface area contributed by atoms with Crippen LogP contribution in [0.2, 0.25) is 0 Å². The molecule has 0 bridgehead atoms. The third-order valence-electron chi connectivity index (χ3n) is 3.03. The summed E-state index contributed by atoms with van der Waals surface area (Å²) >= 11 is 1.74. The van der Waals surface area contributed by atoms with Crippen molar-refractivity contribution in [1.82, 2.24) is 4.31 Å². The first kappa shape index (κ1) is 14.8. The Bertz CT molecular complexity index is 562. The van der Waals surface area contributed by atoms with Crippen molar-refractivity contribution in [3.05, 3.63) is 29.6 Å². The molecule has 1 aromatic rings. The second-order valence-corrected chi connectivity index (χ2v) is 7.94. The van der Waals surface area contributed by atoms with Crippen LogP contribution in [0.4, 0.5) is 4.39 Å². The smallest absolute Gasteiger partial charge is 0.243 e. The van der Waals surface area contributed by atoms with E-state index in [1.165, 1.54) is 16.4 Å². The van der Waals surface area contributed by atoms with Crippen LogP contribution in [0.15, 0.2) is 23.1 Å². The van der Waals surface area contributed by atoms with Gasteiger partial charge in [0.25, 0.3) is 0 Å².